The number of ether oxygens (including phenoxy) is 1. The normalized spacial score (nSPS) is 16.6. The van der Waals surface area contributed by atoms with E-state index in [1.165, 1.54) is 10.6 Å². The van der Waals surface area contributed by atoms with Gasteiger partial charge in [-0.15, -0.1) is 0 Å². The van der Waals surface area contributed by atoms with Crippen LogP contribution >= 0.6 is 0 Å². The topological polar surface area (TPSA) is 79.0 Å². The molecule has 2 rings (SSSR count). The summed E-state index contributed by atoms with van der Waals surface area (Å²) in [5.41, 5.74) is 0.947. The predicted octanol–water partition coefficient (Wildman–Crippen LogP) is 0.321. The zero-order valence-corrected chi connectivity index (χ0v) is 15.7. The maximum atomic E-state index is 12.0. The van der Waals surface area contributed by atoms with Crippen molar-refractivity contribution in [2.75, 3.05) is 52.1 Å². The van der Waals surface area contributed by atoms with E-state index in [2.05, 4.69) is 10.2 Å². The highest BCUT2D eigenvalue weighted by Crippen LogP contribution is 2.12. The molecule has 25 heavy (non-hydrogen) atoms. The highest BCUT2D eigenvalue weighted by atomic mass is 32.2. The van der Waals surface area contributed by atoms with Gasteiger partial charge in [0.1, 0.15) is 5.75 Å². The van der Waals surface area contributed by atoms with Crippen LogP contribution in [0.2, 0.25) is 0 Å². The average molecular weight is 369 g/mol. The SMILES string of the molecule is CCOc1ccc(CC(=O)NCCN2CCN(S(C)(=O)=O)CC2)cc1. The summed E-state index contributed by atoms with van der Waals surface area (Å²) in [6.45, 7) is 6.27. The van der Waals surface area contributed by atoms with Crippen LogP contribution < -0.4 is 10.1 Å². The van der Waals surface area contributed by atoms with Crippen LogP contribution in [0.25, 0.3) is 0 Å². The molecule has 1 heterocycles. The molecule has 0 radical (unpaired) electrons. The summed E-state index contributed by atoms with van der Waals surface area (Å²) < 4.78 is 29.8. The molecule has 0 atom stereocenters. The zero-order chi connectivity index (χ0) is 18.3. The van der Waals surface area contributed by atoms with Crippen LogP contribution in [0.5, 0.6) is 5.75 Å². The molecule has 1 N–H and O–H groups in total. The monoisotopic (exact) mass is 369 g/mol. The van der Waals surface area contributed by atoms with Crippen LogP contribution in [0.4, 0.5) is 0 Å². The molecule has 1 fully saturated rings. The lowest BCUT2D eigenvalue weighted by Gasteiger charge is -2.33. The molecular weight excluding hydrogens is 342 g/mol. The Balaban J connectivity index is 1.66. The van der Waals surface area contributed by atoms with Crippen LogP contribution in [0.3, 0.4) is 0 Å². The number of nitrogens with one attached hydrogen (secondary N) is 1. The molecule has 0 aromatic heterocycles. The van der Waals surface area contributed by atoms with Crippen LogP contribution in [-0.4, -0.2) is 75.7 Å². The lowest BCUT2D eigenvalue weighted by Crippen LogP contribution is -2.49. The van der Waals surface area contributed by atoms with Gasteiger partial charge in [-0.2, -0.15) is 4.31 Å². The van der Waals surface area contributed by atoms with E-state index < -0.39 is 10.0 Å². The van der Waals surface area contributed by atoms with E-state index in [-0.39, 0.29) is 5.91 Å². The summed E-state index contributed by atoms with van der Waals surface area (Å²) in [5.74, 6) is 0.791. The molecule has 1 aromatic carbocycles. The Morgan fingerprint density at radius 2 is 1.80 bits per heavy atom. The minimum Gasteiger partial charge on any atom is -0.494 e. The van der Waals surface area contributed by atoms with E-state index in [1.807, 2.05) is 31.2 Å². The molecule has 0 spiro atoms. The minimum atomic E-state index is -3.10. The Bertz CT molecular complexity index is 653. The van der Waals surface area contributed by atoms with Gasteiger partial charge in [-0.3, -0.25) is 9.69 Å². The van der Waals surface area contributed by atoms with Gasteiger partial charge in [-0.25, -0.2) is 8.42 Å². The maximum absolute atomic E-state index is 12.0. The van der Waals surface area contributed by atoms with Crippen molar-refractivity contribution in [3.05, 3.63) is 29.8 Å². The van der Waals surface area contributed by atoms with Crippen molar-refractivity contribution in [2.24, 2.45) is 0 Å². The number of rotatable bonds is 8. The standard InChI is InChI=1S/C17H27N3O4S/c1-3-24-16-6-4-15(5-7-16)14-17(21)18-8-9-19-10-12-20(13-11-19)25(2,22)23/h4-7H,3,8-14H2,1-2H3,(H,18,21). The molecule has 7 nitrogen and oxygen atoms in total. The van der Waals surface area contributed by atoms with Gasteiger partial charge < -0.3 is 10.1 Å². The van der Waals surface area contributed by atoms with E-state index in [9.17, 15) is 13.2 Å². The number of carbonyl (C=O) groups excluding carboxylic acids is 1. The van der Waals surface area contributed by atoms with Crippen molar-refractivity contribution in [2.45, 2.75) is 13.3 Å². The third-order valence-corrected chi connectivity index (χ3v) is 5.45. The maximum Gasteiger partial charge on any atom is 0.224 e. The molecule has 8 heteroatoms. The number of nitrogens with zero attached hydrogens (tertiary/aromatic N) is 2. The van der Waals surface area contributed by atoms with Crippen molar-refractivity contribution in [1.82, 2.24) is 14.5 Å². The Morgan fingerprint density at radius 1 is 1.16 bits per heavy atom. The van der Waals surface area contributed by atoms with E-state index in [0.29, 0.717) is 45.8 Å². The van der Waals surface area contributed by atoms with Crippen molar-refractivity contribution in [3.63, 3.8) is 0 Å². The predicted molar refractivity (Wildman–Crippen MR) is 97.2 cm³/mol. The zero-order valence-electron chi connectivity index (χ0n) is 14.9. The van der Waals surface area contributed by atoms with Gasteiger partial charge in [-0.1, -0.05) is 12.1 Å². The van der Waals surface area contributed by atoms with Crippen LogP contribution in [-0.2, 0) is 21.2 Å². The number of carbonyl (C=O) groups is 1. The first-order chi connectivity index (χ1) is 11.9. The van der Waals surface area contributed by atoms with E-state index in [4.69, 9.17) is 4.74 Å². The fourth-order valence-electron chi connectivity index (χ4n) is 2.76. The molecule has 0 aliphatic carbocycles. The number of hydrogen-bond acceptors (Lipinski definition) is 5. The summed E-state index contributed by atoms with van der Waals surface area (Å²) in [6, 6.07) is 7.53. The number of piperazine rings is 1. The Kier molecular flexibility index (Phi) is 7.22. The average Bonchev–Trinajstić information content (AvgIpc) is 2.56. The first-order valence-electron chi connectivity index (χ1n) is 8.54. The molecule has 1 amide bonds. The summed E-state index contributed by atoms with van der Waals surface area (Å²) >= 11 is 0. The molecule has 1 aliphatic heterocycles. The van der Waals surface area contributed by atoms with Crippen molar-refractivity contribution >= 4 is 15.9 Å². The van der Waals surface area contributed by atoms with Crippen molar-refractivity contribution in [3.8, 4) is 5.75 Å². The molecule has 1 aromatic rings. The Morgan fingerprint density at radius 3 is 2.36 bits per heavy atom. The van der Waals surface area contributed by atoms with Crippen LogP contribution in [0.1, 0.15) is 12.5 Å². The fraction of sp³-hybridized carbons (Fsp3) is 0.588. The van der Waals surface area contributed by atoms with Gasteiger partial charge in [-0.05, 0) is 24.6 Å². The van der Waals surface area contributed by atoms with Crippen molar-refractivity contribution in [1.29, 1.82) is 0 Å². The molecular formula is C17H27N3O4S. The quantitative estimate of drug-likeness (QED) is 0.714. The second kappa shape index (κ2) is 9.17. The van der Waals surface area contributed by atoms with Gasteiger partial charge in [0, 0.05) is 39.3 Å². The largest absolute Gasteiger partial charge is 0.494 e. The second-order valence-corrected chi connectivity index (χ2v) is 8.09. The summed E-state index contributed by atoms with van der Waals surface area (Å²) in [6.07, 6.45) is 1.58. The van der Waals surface area contributed by atoms with Gasteiger partial charge in [0.25, 0.3) is 0 Å². The van der Waals surface area contributed by atoms with Gasteiger partial charge in [0.15, 0.2) is 0 Å². The summed E-state index contributed by atoms with van der Waals surface area (Å²) in [7, 11) is -3.10. The number of sulfonamides is 1. The molecule has 1 aliphatic rings. The van der Waals surface area contributed by atoms with E-state index in [1.54, 1.807) is 0 Å². The van der Waals surface area contributed by atoms with Crippen LogP contribution in [0, 0.1) is 0 Å². The number of amides is 1. The molecule has 140 valence electrons. The number of benzene rings is 1. The first-order valence-corrected chi connectivity index (χ1v) is 10.4. The fourth-order valence-corrected chi connectivity index (χ4v) is 3.58. The number of hydrogen-bond donors (Lipinski definition) is 1. The third kappa shape index (κ3) is 6.64. The molecule has 0 unspecified atom stereocenters. The Labute approximate surface area is 150 Å². The van der Waals surface area contributed by atoms with Crippen molar-refractivity contribution < 1.29 is 17.9 Å². The highest BCUT2D eigenvalue weighted by Gasteiger charge is 2.22. The summed E-state index contributed by atoms with van der Waals surface area (Å²) in [4.78, 5) is 14.2. The van der Waals surface area contributed by atoms with Crippen LogP contribution in [0.15, 0.2) is 24.3 Å². The third-order valence-electron chi connectivity index (χ3n) is 4.15. The van der Waals surface area contributed by atoms with Gasteiger partial charge in [0.2, 0.25) is 15.9 Å². The van der Waals surface area contributed by atoms with Gasteiger partial charge >= 0.3 is 0 Å². The second-order valence-electron chi connectivity index (χ2n) is 6.11. The summed E-state index contributed by atoms with van der Waals surface area (Å²) in [5, 5.41) is 2.92. The first kappa shape index (κ1) is 19.7. The lowest BCUT2D eigenvalue weighted by atomic mass is 10.1. The molecule has 1 saturated heterocycles. The van der Waals surface area contributed by atoms with Gasteiger partial charge in [0.05, 0.1) is 19.3 Å². The molecule has 0 saturated carbocycles. The van der Waals surface area contributed by atoms with E-state index >= 15 is 0 Å². The van der Waals surface area contributed by atoms with E-state index in [0.717, 1.165) is 17.9 Å². The Hall–Kier alpha value is -1.64. The highest BCUT2D eigenvalue weighted by molar-refractivity contribution is 7.88. The lowest BCUT2D eigenvalue weighted by molar-refractivity contribution is -0.120. The molecule has 0 bridgehead atoms. The minimum absolute atomic E-state index is 0.0149. The smallest absolute Gasteiger partial charge is 0.224 e.